The van der Waals surface area contributed by atoms with Gasteiger partial charge >= 0.3 is 5.69 Å². The van der Waals surface area contributed by atoms with Crippen LogP contribution in [0.3, 0.4) is 0 Å². The zero-order chi connectivity index (χ0) is 19.2. The minimum atomic E-state index is -0.413. The number of amides is 1. The highest BCUT2D eigenvalue weighted by atomic mass is 16.6. The van der Waals surface area contributed by atoms with E-state index in [1.165, 1.54) is 32.8 Å². The van der Waals surface area contributed by atoms with Gasteiger partial charge in [-0.2, -0.15) is 0 Å². The molecule has 3 rings (SSSR count). The summed E-state index contributed by atoms with van der Waals surface area (Å²) in [6.45, 7) is 3.72. The molecule has 1 saturated carbocycles. The van der Waals surface area contributed by atoms with Crippen LogP contribution in [-0.2, 0) is 11.3 Å². The number of hydrogen-bond donors (Lipinski definition) is 0. The van der Waals surface area contributed by atoms with Gasteiger partial charge in [0.15, 0.2) is 5.75 Å². The van der Waals surface area contributed by atoms with E-state index in [4.69, 9.17) is 4.74 Å². The highest BCUT2D eigenvalue weighted by Gasteiger charge is 2.23. The van der Waals surface area contributed by atoms with Crippen molar-refractivity contribution in [2.45, 2.75) is 45.1 Å². The molecular formula is C20H29N3O4. The Morgan fingerprint density at radius 1 is 1.22 bits per heavy atom. The van der Waals surface area contributed by atoms with Crippen molar-refractivity contribution in [2.24, 2.45) is 5.92 Å². The molecular weight excluding hydrogens is 346 g/mol. The number of carbonyl (C=O) groups is 1. The van der Waals surface area contributed by atoms with Crippen LogP contribution in [-0.4, -0.2) is 53.9 Å². The largest absolute Gasteiger partial charge is 0.490 e. The Kier molecular flexibility index (Phi) is 6.66. The van der Waals surface area contributed by atoms with Crippen LogP contribution in [0.2, 0.25) is 0 Å². The molecule has 148 valence electrons. The number of ether oxygens (including phenoxy) is 1. The normalized spacial score (nSPS) is 18.6. The number of nitro groups is 1. The van der Waals surface area contributed by atoms with Crippen LogP contribution >= 0.6 is 0 Å². The Bertz CT molecular complexity index is 665. The first-order valence-electron chi connectivity index (χ1n) is 9.88. The monoisotopic (exact) mass is 375 g/mol. The van der Waals surface area contributed by atoms with E-state index < -0.39 is 4.92 Å². The molecule has 0 aromatic heterocycles. The maximum Gasteiger partial charge on any atom is 0.311 e. The summed E-state index contributed by atoms with van der Waals surface area (Å²) in [4.78, 5) is 27.4. The van der Waals surface area contributed by atoms with Crippen molar-refractivity contribution >= 4 is 11.6 Å². The fraction of sp³-hybridized carbons (Fsp3) is 0.650. The maximum atomic E-state index is 12.4. The van der Waals surface area contributed by atoms with Gasteiger partial charge in [0.1, 0.15) is 0 Å². The molecule has 1 aliphatic carbocycles. The molecule has 1 aliphatic heterocycles. The lowest BCUT2D eigenvalue weighted by Gasteiger charge is -2.35. The molecule has 0 unspecified atom stereocenters. The Morgan fingerprint density at radius 2 is 1.93 bits per heavy atom. The molecule has 0 bridgehead atoms. The van der Waals surface area contributed by atoms with Gasteiger partial charge in [0.25, 0.3) is 0 Å². The summed E-state index contributed by atoms with van der Waals surface area (Å²) in [5.74, 6) is 1.31. The molecule has 1 aromatic carbocycles. The highest BCUT2D eigenvalue weighted by Crippen LogP contribution is 2.29. The quantitative estimate of drug-likeness (QED) is 0.540. The molecule has 0 atom stereocenters. The number of rotatable bonds is 7. The fourth-order valence-electron chi connectivity index (χ4n) is 4.17. The standard InChI is InChI=1S/C20H29N3O4/c1-27-19-8-6-17(14-18(19)23(25)26)15-21-10-12-22(13-11-21)20(24)9-7-16-4-2-3-5-16/h6,8,14,16H,2-5,7,9-13,15H2,1H3. The lowest BCUT2D eigenvalue weighted by molar-refractivity contribution is -0.385. The van der Waals surface area contributed by atoms with Crippen LogP contribution in [0.5, 0.6) is 5.75 Å². The average Bonchev–Trinajstić information content (AvgIpc) is 3.20. The summed E-state index contributed by atoms with van der Waals surface area (Å²) in [6, 6.07) is 5.10. The molecule has 0 spiro atoms. The first-order chi connectivity index (χ1) is 13.1. The van der Waals surface area contributed by atoms with Crippen LogP contribution in [0, 0.1) is 16.0 Å². The predicted molar refractivity (Wildman–Crippen MR) is 103 cm³/mol. The van der Waals surface area contributed by atoms with Gasteiger partial charge in [0, 0.05) is 45.2 Å². The second-order valence-electron chi connectivity index (χ2n) is 7.61. The lowest BCUT2D eigenvalue weighted by Crippen LogP contribution is -2.48. The van der Waals surface area contributed by atoms with Gasteiger partial charge in [0.05, 0.1) is 12.0 Å². The topological polar surface area (TPSA) is 75.9 Å². The van der Waals surface area contributed by atoms with Crippen LogP contribution in [0.25, 0.3) is 0 Å². The van der Waals surface area contributed by atoms with Gasteiger partial charge in [-0.25, -0.2) is 0 Å². The van der Waals surface area contributed by atoms with Crippen molar-refractivity contribution in [2.75, 3.05) is 33.3 Å². The van der Waals surface area contributed by atoms with E-state index in [2.05, 4.69) is 4.90 Å². The average molecular weight is 375 g/mol. The zero-order valence-electron chi connectivity index (χ0n) is 16.1. The summed E-state index contributed by atoms with van der Waals surface area (Å²) in [7, 11) is 1.44. The summed E-state index contributed by atoms with van der Waals surface area (Å²) in [6.07, 6.45) is 6.93. The smallest absolute Gasteiger partial charge is 0.311 e. The van der Waals surface area contributed by atoms with E-state index in [1.54, 1.807) is 12.1 Å². The summed E-state index contributed by atoms with van der Waals surface area (Å²) in [5, 5.41) is 11.2. The molecule has 1 heterocycles. The maximum absolute atomic E-state index is 12.4. The molecule has 1 saturated heterocycles. The zero-order valence-corrected chi connectivity index (χ0v) is 16.1. The second kappa shape index (κ2) is 9.17. The third-order valence-corrected chi connectivity index (χ3v) is 5.81. The fourth-order valence-corrected chi connectivity index (χ4v) is 4.17. The van der Waals surface area contributed by atoms with E-state index >= 15 is 0 Å². The van der Waals surface area contributed by atoms with Crippen molar-refractivity contribution in [3.8, 4) is 5.75 Å². The Labute approximate surface area is 160 Å². The van der Waals surface area contributed by atoms with Gasteiger partial charge in [0.2, 0.25) is 5.91 Å². The molecule has 2 fully saturated rings. The highest BCUT2D eigenvalue weighted by molar-refractivity contribution is 5.76. The molecule has 1 amide bonds. The molecule has 2 aliphatic rings. The van der Waals surface area contributed by atoms with Gasteiger partial charge in [-0.15, -0.1) is 0 Å². The summed E-state index contributed by atoms with van der Waals surface area (Å²) >= 11 is 0. The Morgan fingerprint density at radius 3 is 2.56 bits per heavy atom. The predicted octanol–water partition coefficient (Wildman–Crippen LogP) is 3.22. The van der Waals surface area contributed by atoms with Crippen LogP contribution in [0.4, 0.5) is 5.69 Å². The third kappa shape index (κ3) is 5.19. The third-order valence-electron chi connectivity index (χ3n) is 5.81. The van der Waals surface area contributed by atoms with Crippen LogP contribution in [0.1, 0.15) is 44.1 Å². The number of hydrogen-bond acceptors (Lipinski definition) is 5. The first-order valence-corrected chi connectivity index (χ1v) is 9.88. The van der Waals surface area contributed by atoms with E-state index in [0.717, 1.165) is 44.1 Å². The van der Waals surface area contributed by atoms with Crippen LogP contribution < -0.4 is 4.74 Å². The minimum Gasteiger partial charge on any atom is -0.490 e. The number of nitrogens with zero attached hydrogens (tertiary/aromatic N) is 3. The van der Waals surface area contributed by atoms with Crippen molar-refractivity contribution in [3.05, 3.63) is 33.9 Å². The number of carbonyl (C=O) groups excluding carboxylic acids is 1. The minimum absolute atomic E-state index is 0.00396. The van der Waals surface area contributed by atoms with Crippen LogP contribution in [0.15, 0.2) is 18.2 Å². The van der Waals surface area contributed by atoms with Crippen molar-refractivity contribution < 1.29 is 14.5 Å². The van der Waals surface area contributed by atoms with Gasteiger partial charge in [-0.1, -0.05) is 31.7 Å². The summed E-state index contributed by atoms with van der Waals surface area (Å²) in [5.41, 5.74) is 0.888. The van der Waals surface area contributed by atoms with Gasteiger partial charge in [-0.3, -0.25) is 19.8 Å². The first kappa shape index (κ1) is 19.6. The Balaban J connectivity index is 1.47. The number of nitro benzene ring substituents is 1. The molecule has 0 radical (unpaired) electrons. The summed E-state index contributed by atoms with van der Waals surface area (Å²) < 4.78 is 5.05. The molecule has 7 nitrogen and oxygen atoms in total. The SMILES string of the molecule is COc1ccc(CN2CCN(C(=O)CCC3CCCC3)CC2)cc1[N+](=O)[O-]. The molecule has 27 heavy (non-hydrogen) atoms. The van der Waals surface area contributed by atoms with E-state index in [-0.39, 0.29) is 17.3 Å². The van der Waals surface area contributed by atoms with E-state index in [1.807, 2.05) is 11.0 Å². The number of piperazine rings is 1. The van der Waals surface area contributed by atoms with E-state index in [9.17, 15) is 14.9 Å². The van der Waals surface area contributed by atoms with Crippen molar-refractivity contribution in [1.82, 2.24) is 9.80 Å². The molecule has 7 heteroatoms. The van der Waals surface area contributed by atoms with Gasteiger partial charge in [-0.05, 0) is 24.0 Å². The Hall–Kier alpha value is -2.15. The number of methoxy groups -OCH3 is 1. The molecule has 1 aromatic rings. The van der Waals surface area contributed by atoms with Crippen molar-refractivity contribution in [3.63, 3.8) is 0 Å². The lowest BCUT2D eigenvalue weighted by atomic mass is 10.0. The van der Waals surface area contributed by atoms with Crippen molar-refractivity contribution in [1.29, 1.82) is 0 Å². The molecule has 0 N–H and O–H groups in total. The van der Waals surface area contributed by atoms with E-state index in [0.29, 0.717) is 13.0 Å². The second-order valence-corrected chi connectivity index (χ2v) is 7.61. The van der Waals surface area contributed by atoms with Gasteiger partial charge < -0.3 is 9.64 Å². The number of benzene rings is 1.